The van der Waals surface area contributed by atoms with Crippen LogP contribution in [0.25, 0.3) is 0 Å². The van der Waals surface area contributed by atoms with Gasteiger partial charge in [0.25, 0.3) is 0 Å². The number of fused-ring (bicyclic) bond motifs is 1. The molecular formula is C15H21FN2O. The molecule has 0 saturated carbocycles. The molecule has 0 bridgehead atoms. The summed E-state index contributed by atoms with van der Waals surface area (Å²) in [6, 6.07) is 6.23. The summed E-state index contributed by atoms with van der Waals surface area (Å²) in [6.45, 7) is 6.65. The van der Waals surface area contributed by atoms with Crippen molar-refractivity contribution < 1.29 is 9.13 Å². The summed E-state index contributed by atoms with van der Waals surface area (Å²) < 4.78 is 18.3. The minimum Gasteiger partial charge on any atom is -0.494 e. The summed E-state index contributed by atoms with van der Waals surface area (Å²) in [5, 5.41) is 3.46. The highest BCUT2D eigenvalue weighted by molar-refractivity contribution is 5.21. The van der Waals surface area contributed by atoms with Crippen LogP contribution in [0.15, 0.2) is 24.3 Å². The minimum absolute atomic E-state index is 0.218. The Morgan fingerprint density at radius 1 is 1.16 bits per heavy atom. The highest BCUT2D eigenvalue weighted by atomic mass is 19.1. The second-order valence-corrected chi connectivity index (χ2v) is 5.59. The van der Waals surface area contributed by atoms with E-state index in [1.165, 1.54) is 38.3 Å². The van der Waals surface area contributed by atoms with E-state index in [-0.39, 0.29) is 5.82 Å². The molecule has 2 saturated heterocycles. The van der Waals surface area contributed by atoms with Gasteiger partial charge in [-0.1, -0.05) is 0 Å². The third-order valence-electron chi connectivity index (χ3n) is 4.17. The van der Waals surface area contributed by atoms with E-state index in [9.17, 15) is 4.39 Å². The highest BCUT2D eigenvalue weighted by Crippen LogP contribution is 2.26. The smallest absolute Gasteiger partial charge is 0.123 e. The Bertz CT molecular complexity index is 397. The van der Waals surface area contributed by atoms with E-state index in [1.54, 1.807) is 12.1 Å². The van der Waals surface area contributed by atoms with Gasteiger partial charge in [-0.3, -0.25) is 0 Å². The van der Waals surface area contributed by atoms with Crippen molar-refractivity contribution >= 4 is 0 Å². The number of rotatable bonds is 5. The van der Waals surface area contributed by atoms with Gasteiger partial charge in [-0.15, -0.1) is 0 Å². The number of likely N-dealkylation sites (tertiary alicyclic amines) is 1. The molecule has 2 fully saturated rings. The van der Waals surface area contributed by atoms with Crippen LogP contribution in [0.2, 0.25) is 0 Å². The number of nitrogens with one attached hydrogen (secondary N) is 1. The molecule has 3 rings (SSSR count). The molecule has 1 N–H and O–H groups in total. The maximum absolute atomic E-state index is 12.7. The first-order chi connectivity index (χ1) is 9.31. The van der Waals surface area contributed by atoms with Crippen LogP contribution < -0.4 is 10.1 Å². The molecule has 0 amide bonds. The number of hydrogen-bond acceptors (Lipinski definition) is 3. The molecule has 104 valence electrons. The van der Waals surface area contributed by atoms with Crippen molar-refractivity contribution in [1.82, 2.24) is 10.2 Å². The first-order valence-corrected chi connectivity index (χ1v) is 7.13. The summed E-state index contributed by atoms with van der Waals surface area (Å²) in [5.74, 6) is 2.25. The standard InChI is InChI=1S/C15H21FN2O/c16-14-2-4-15(5-3-14)19-7-1-6-18-10-12-8-17-9-13(12)11-18/h2-5,12-13,17H,1,6-11H2/t12-,13+. The molecule has 4 heteroatoms. The fraction of sp³-hybridized carbons (Fsp3) is 0.600. The van der Waals surface area contributed by atoms with Crippen molar-refractivity contribution in [2.45, 2.75) is 6.42 Å². The van der Waals surface area contributed by atoms with Crippen LogP contribution in [0.1, 0.15) is 6.42 Å². The molecule has 3 nitrogen and oxygen atoms in total. The van der Waals surface area contributed by atoms with Gasteiger partial charge in [0, 0.05) is 19.6 Å². The Kier molecular flexibility index (Phi) is 3.99. The van der Waals surface area contributed by atoms with Gasteiger partial charge >= 0.3 is 0 Å². The number of halogens is 1. The van der Waals surface area contributed by atoms with Crippen LogP contribution in [0.5, 0.6) is 5.75 Å². The number of hydrogen-bond donors (Lipinski definition) is 1. The van der Waals surface area contributed by atoms with E-state index < -0.39 is 0 Å². The molecule has 2 heterocycles. The van der Waals surface area contributed by atoms with Crippen molar-refractivity contribution in [1.29, 1.82) is 0 Å². The largest absolute Gasteiger partial charge is 0.494 e. The Balaban J connectivity index is 1.34. The fourth-order valence-electron chi connectivity index (χ4n) is 3.14. The molecule has 1 aromatic rings. The van der Waals surface area contributed by atoms with Crippen molar-refractivity contribution in [2.24, 2.45) is 11.8 Å². The van der Waals surface area contributed by atoms with Gasteiger partial charge in [-0.05, 0) is 55.6 Å². The Labute approximate surface area is 113 Å². The fourth-order valence-corrected chi connectivity index (χ4v) is 3.14. The van der Waals surface area contributed by atoms with Gasteiger partial charge in [0.2, 0.25) is 0 Å². The first kappa shape index (κ1) is 12.9. The van der Waals surface area contributed by atoms with Crippen molar-refractivity contribution in [2.75, 3.05) is 39.3 Å². The maximum atomic E-state index is 12.7. The zero-order valence-corrected chi connectivity index (χ0v) is 11.1. The van der Waals surface area contributed by atoms with E-state index >= 15 is 0 Å². The SMILES string of the molecule is Fc1ccc(OCCCN2C[C@H]3CNC[C@H]3C2)cc1. The molecule has 0 aromatic heterocycles. The van der Waals surface area contributed by atoms with E-state index in [4.69, 9.17) is 4.74 Å². The molecular weight excluding hydrogens is 243 g/mol. The normalized spacial score (nSPS) is 26.6. The van der Waals surface area contributed by atoms with E-state index in [2.05, 4.69) is 10.2 Å². The molecule has 19 heavy (non-hydrogen) atoms. The maximum Gasteiger partial charge on any atom is 0.123 e. The molecule has 0 spiro atoms. The van der Waals surface area contributed by atoms with Gasteiger partial charge in [0.15, 0.2) is 0 Å². The lowest BCUT2D eigenvalue weighted by atomic mass is 10.0. The van der Waals surface area contributed by atoms with Gasteiger partial charge in [-0.25, -0.2) is 4.39 Å². The highest BCUT2D eigenvalue weighted by Gasteiger charge is 2.35. The van der Waals surface area contributed by atoms with Crippen molar-refractivity contribution in [3.8, 4) is 5.75 Å². The summed E-state index contributed by atoms with van der Waals surface area (Å²) >= 11 is 0. The second kappa shape index (κ2) is 5.88. The lowest BCUT2D eigenvalue weighted by Crippen LogP contribution is -2.27. The van der Waals surface area contributed by atoms with Crippen molar-refractivity contribution in [3.05, 3.63) is 30.1 Å². The summed E-state index contributed by atoms with van der Waals surface area (Å²) in [5.41, 5.74) is 0. The van der Waals surface area contributed by atoms with Crippen LogP contribution in [0.3, 0.4) is 0 Å². The zero-order chi connectivity index (χ0) is 13.1. The summed E-state index contributed by atoms with van der Waals surface area (Å²) in [7, 11) is 0. The van der Waals surface area contributed by atoms with Gasteiger partial charge in [0.1, 0.15) is 11.6 Å². The average Bonchev–Trinajstić information content (AvgIpc) is 2.97. The predicted molar refractivity (Wildman–Crippen MR) is 72.8 cm³/mol. The molecule has 0 aliphatic carbocycles. The molecule has 0 radical (unpaired) electrons. The predicted octanol–water partition coefficient (Wildman–Crippen LogP) is 1.75. The first-order valence-electron chi connectivity index (χ1n) is 7.13. The van der Waals surface area contributed by atoms with E-state index in [0.29, 0.717) is 6.61 Å². The Morgan fingerprint density at radius 3 is 2.53 bits per heavy atom. The summed E-state index contributed by atoms with van der Waals surface area (Å²) in [4.78, 5) is 2.55. The van der Waals surface area contributed by atoms with Gasteiger partial charge in [-0.2, -0.15) is 0 Å². The van der Waals surface area contributed by atoms with Crippen LogP contribution in [-0.4, -0.2) is 44.2 Å². The third-order valence-corrected chi connectivity index (χ3v) is 4.17. The molecule has 1 aromatic carbocycles. The quantitative estimate of drug-likeness (QED) is 0.820. The summed E-state index contributed by atoms with van der Waals surface area (Å²) in [6.07, 6.45) is 1.03. The topological polar surface area (TPSA) is 24.5 Å². The molecule has 0 unspecified atom stereocenters. The Hall–Kier alpha value is -1.13. The second-order valence-electron chi connectivity index (χ2n) is 5.59. The van der Waals surface area contributed by atoms with Crippen LogP contribution in [-0.2, 0) is 0 Å². The Morgan fingerprint density at radius 2 is 1.84 bits per heavy atom. The van der Waals surface area contributed by atoms with Gasteiger partial charge in [0.05, 0.1) is 6.61 Å². The lowest BCUT2D eigenvalue weighted by Gasteiger charge is -2.16. The van der Waals surface area contributed by atoms with Crippen LogP contribution >= 0.6 is 0 Å². The lowest BCUT2D eigenvalue weighted by molar-refractivity contribution is 0.254. The van der Waals surface area contributed by atoms with Crippen molar-refractivity contribution in [3.63, 3.8) is 0 Å². The molecule has 2 aliphatic heterocycles. The zero-order valence-electron chi connectivity index (χ0n) is 11.1. The number of nitrogens with zero attached hydrogens (tertiary/aromatic N) is 1. The van der Waals surface area contributed by atoms with E-state index in [1.807, 2.05) is 0 Å². The molecule has 2 aliphatic rings. The minimum atomic E-state index is -0.218. The average molecular weight is 264 g/mol. The van der Waals surface area contributed by atoms with Crippen LogP contribution in [0, 0.1) is 17.7 Å². The monoisotopic (exact) mass is 264 g/mol. The van der Waals surface area contributed by atoms with E-state index in [0.717, 1.165) is 30.6 Å². The van der Waals surface area contributed by atoms with Gasteiger partial charge < -0.3 is 15.0 Å². The molecule has 2 atom stereocenters. The third kappa shape index (κ3) is 3.25. The van der Waals surface area contributed by atoms with Crippen LogP contribution in [0.4, 0.5) is 4.39 Å². The number of ether oxygens (including phenoxy) is 1. The number of benzene rings is 1.